The highest BCUT2D eigenvalue weighted by molar-refractivity contribution is 7.89. The highest BCUT2D eigenvalue weighted by Crippen LogP contribution is 2.21. The van der Waals surface area contributed by atoms with Gasteiger partial charge in [0.05, 0.1) is 12.0 Å². The lowest BCUT2D eigenvalue weighted by Gasteiger charge is -2.31. The molecule has 2 aromatic rings. The summed E-state index contributed by atoms with van der Waals surface area (Å²) in [6.07, 6.45) is 2.80. The molecule has 0 aromatic heterocycles. The van der Waals surface area contributed by atoms with Crippen LogP contribution in [0.2, 0.25) is 0 Å². The third-order valence-corrected chi connectivity index (χ3v) is 7.81. The van der Waals surface area contributed by atoms with Crippen LogP contribution in [0, 0.1) is 5.92 Å². The Morgan fingerprint density at radius 1 is 1.03 bits per heavy atom. The lowest BCUT2D eigenvalue weighted by Crippen LogP contribution is -2.41. The number of likely N-dealkylation sites (tertiary alicyclic amines) is 1. The zero-order chi connectivity index (χ0) is 22.3. The fourth-order valence-electron chi connectivity index (χ4n) is 3.78. The Morgan fingerprint density at radius 3 is 2.29 bits per heavy atom. The standard InChI is InChI=1S/C24H32N2O4S/c1-20-12-16-25(17-13-20)24(27)15-19-26(18-14-21-6-4-3-5-7-21)31(28,29)23-10-8-22(30-2)9-11-23/h3-11,20H,12-19H2,1-2H3. The van der Waals surface area contributed by atoms with Crippen LogP contribution in [-0.4, -0.2) is 56.8 Å². The number of piperidine rings is 1. The van der Waals surface area contributed by atoms with Crippen LogP contribution in [-0.2, 0) is 21.2 Å². The van der Waals surface area contributed by atoms with Gasteiger partial charge in [-0.2, -0.15) is 4.31 Å². The van der Waals surface area contributed by atoms with Gasteiger partial charge in [-0.05, 0) is 55.0 Å². The van der Waals surface area contributed by atoms with Gasteiger partial charge in [0.2, 0.25) is 15.9 Å². The monoisotopic (exact) mass is 444 g/mol. The van der Waals surface area contributed by atoms with Gasteiger partial charge in [-0.3, -0.25) is 4.79 Å². The summed E-state index contributed by atoms with van der Waals surface area (Å²) in [4.78, 5) is 14.8. The fourth-order valence-corrected chi connectivity index (χ4v) is 5.23. The van der Waals surface area contributed by atoms with E-state index in [4.69, 9.17) is 4.74 Å². The number of benzene rings is 2. The van der Waals surface area contributed by atoms with Crippen molar-refractivity contribution in [3.63, 3.8) is 0 Å². The molecule has 0 radical (unpaired) electrons. The number of amides is 1. The fraction of sp³-hybridized carbons (Fsp3) is 0.458. The Hall–Kier alpha value is -2.38. The number of sulfonamides is 1. The van der Waals surface area contributed by atoms with Crippen LogP contribution in [0.5, 0.6) is 5.75 Å². The Labute approximate surface area is 185 Å². The van der Waals surface area contributed by atoms with Crippen LogP contribution in [0.25, 0.3) is 0 Å². The summed E-state index contributed by atoms with van der Waals surface area (Å²) < 4.78 is 33.3. The van der Waals surface area contributed by atoms with Crippen LogP contribution >= 0.6 is 0 Å². The summed E-state index contributed by atoms with van der Waals surface area (Å²) in [7, 11) is -2.18. The second-order valence-electron chi connectivity index (χ2n) is 8.13. The average Bonchev–Trinajstić information content (AvgIpc) is 2.80. The van der Waals surface area contributed by atoms with Crippen molar-refractivity contribution in [3.05, 3.63) is 60.2 Å². The lowest BCUT2D eigenvalue weighted by atomic mass is 9.99. The quantitative estimate of drug-likeness (QED) is 0.593. The predicted octanol–water partition coefficient (Wildman–Crippen LogP) is 3.58. The SMILES string of the molecule is COc1ccc(S(=O)(=O)N(CCC(=O)N2CCC(C)CC2)CCc2ccccc2)cc1. The number of nitrogens with zero attached hydrogens (tertiary/aromatic N) is 2. The number of ether oxygens (including phenoxy) is 1. The third-order valence-electron chi connectivity index (χ3n) is 5.90. The first-order valence-corrected chi connectivity index (χ1v) is 12.3. The van der Waals surface area contributed by atoms with E-state index >= 15 is 0 Å². The summed E-state index contributed by atoms with van der Waals surface area (Å²) in [5.74, 6) is 1.27. The van der Waals surface area contributed by atoms with Crippen molar-refractivity contribution in [2.45, 2.75) is 37.5 Å². The van der Waals surface area contributed by atoms with Crippen molar-refractivity contribution in [2.24, 2.45) is 5.92 Å². The summed E-state index contributed by atoms with van der Waals surface area (Å²) >= 11 is 0. The molecule has 0 atom stereocenters. The molecule has 1 fully saturated rings. The van der Waals surface area contributed by atoms with Gasteiger partial charge in [0.25, 0.3) is 0 Å². The Morgan fingerprint density at radius 2 is 1.68 bits per heavy atom. The van der Waals surface area contributed by atoms with Crippen LogP contribution in [0.3, 0.4) is 0 Å². The maximum absolute atomic E-state index is 13.3. The van der Waals surface area contributed by atoms with Crippen molar-refractivity contribution >= 4 is 15.9 Å². The molecule has 0 aliphatic carbocycles. The number of hydrogen-bond acceptors (Lipinski definition) is 4. The molecule has 6 nitrogen and oxygen atoms in total. The predicted molar refractivity (Wildman–Crippen MR) is 121 cm³/mol. The zero-order valence-corrected chi connectivity index (χ0v) is 19.2. The van der Waals surface area contributed by atoms with Crippen molar-refractivity contribution in [2.75, 3.05) is 33.3 Å². The summed E-state index contributed by atoms with van der Waals surface area (Å²) in [5, 5.41) is 0. The Kier molecular flexibility index (Phi) is 8.09. The Balaban J connectivity index is 1.72. The molecule has 2 aromatic carbocycles. The number of methoxy groups -OCH3 is 1. The molecular formula is C24H32N2O4S. The van der Waals surface area contributed by atoms with Gasteiger partial charge in [0.15, 0.2) is 0 Å². The molecule has 31 heavy (non-hydrogen) atoms. The van der Waals surface area contributed by atoms with E-state index in [2.05, 4.69) is 6.92 Å². The molecule has 1 amide bonds. The minimum absolute atomic E-state index is 0.0292. The van der Waals surface area contributed by atoms with Crippen LogP contribution in [0.4, 0.5) is 0 Å². The van der Waals surface area contributed by atoms with Gasteiger partial charge < -0.3 is 9.64 Å². The van der Waals surface area contributed by atoms with Crippen molar-refractivity contribution < 1.29 is 17.9 Å². The van der Waals surface area contributed by atoms with E-state index in [0.29, 0.717) is 24.6 Å². The highest BCUT2D eigenvalue weighted by Gasteiger charge is 2.27. The number of carbonyl (C=O) groups excluding carboxylic acids is 1. The first-order chi connectivity index (χ1) is 14.9. The topological polar surface area (TPSA) is 66.9 Å². The molecule has 168 valence electrons. The van der Waals surface area contributed by atoms with Crippen molar-refractivity contribution in [1.29, 1.82) is 0 Å². The smallest absolute Gasteiger partial charge is 0.243 e. The van der Waals surface area contributed by atoms with E-state index in [-0.39, 0.29) is 23.8 Å². The van der Waals surface area contributed by atoms with Crippen molar-refractivity contribution in [3.8, 4) is 5.75 Å². The maximum atomic E-state index is 13.3. The molecule has 0 unspecified atom stereocenters. The van der Waals surface area contributed by atoms with E-state index in [1.165, 1.54) is 4.31 Å². The largest absolute Gasteiger partial charge is 0.497 e. The Bertz CT molecular complexity index is 937. The van der Waals surface area contributed by atoms with Gasteiger partial charge in [0, 0.05) is 32.6 Å². The normalized spacial score (nSPS) is 15.3. The molecule has 0 N–H and O–H groups in total. The average molecular weight is 445 g/mol. The third kappa shape index (κ3) is 6.31. The van der Waals surface area contributed by atoms with Gasteiger partial charge in [-0.15, -0.1) is 0 Å². The van der Waals surface area contributed by atoms with Gasteiger partial charge >= 0.3 is 0 Å². The number of carbonyl (C=O) groups is 1. The molecule has 0 saturated carbocycles. The van der Waals surface area contributed by atoms with Gasteiger partial charge in [-0.1, -0.05) is 37.3 Å². The minimum Gasteiger partial charge on any atom is -0.497 e. The first-order valence-electron chi connectivity index (χ1n) is 10.9. The molecule has 7 heteroatoms. The lowest BCUT2D eigenvalue weighted by molar-refractivity contribution is -0.132. The van der Waals surface area contributed by atoms with Crippen LogP contribution in [0.1, 0.15) is 31.7 Å². The molecule has 0 bridgehead atoms. The second-order valence-corrected chi connectivity index (χ2v) is 10.1. The van der Waals surface area contributed by atoms with E-state index in [1.807, 2.05) is 35.2 Å². The van der Waals surface area contributed by atoms with Crippen molar-refractivity contribution in [1.82, 2.24) is 9.21 Å². The summed E-state index contributed by atoms with van der Waals surface area (Å²) in [6.45, 7) is 4.22. The van der Waals surface area contributed by atoms with E-state index in [0.717, 1.165) is 31.5 Å². The first kappa shape index (κ1) is 23.3. The van der Waals surface area contributed by atoms with Crippen LogP contribution in [0.15, 0.2) is 59.5 Å². The zero-order valence-electron chi connectivity index (χ0n) is 18.4. The number of hydrogen-bond donors (Lipinski definition) is 0. The maximum Gasteiger partial charge on any atom is 0.243 e. The minimum atomic E-state index is -3.72. The summed E-state index contributed by atoms with van der Waals surface area (Å²) in [5.41, 5.74) is 1.06. The molecule has 1 heterocycles. The molecule has 3 rings (SSSR count). The van der Waals surface area contributed by atoms with E-state index < -0.39 is 10.0 Å². The highest BCUT2D eigenvalue weighted by atomic mass is 32.2. The molecule has 1 aliphatic heterocycles. The molecule has 1 saturated heterocycles. The molecule has 0 spiro atoms. The molecule has 1 aliphatic rings. The number of rotatable bonds is 9. The second kappa shape index (κ2) is 10.8. The molecular weight excluding hydrogens is 412 g/mol. The van der Waals surface area contributed by atoms with Gasteiger partial charge in [0.1, 0.15) is 5.75 Å². The van der Waals surface area contributed by atoms with Gasteiger partial charge in [-0.25, -0.2) is 8.42 Å². The van der Waals surface area contributed by atoms with E-state index in [1.54, 1.807) is 31.4 Å². The summed E-state index contributed by atoms with van der Waals surface area (Å²) in [6, 6.07) is 16.2. The van der Waals surface area contributed by atoms with E-state index in [9.17, 15) is 13.2 Å². The van der Waals surface area contributed by atoms with Crippen LogP contribution < -0.4 is 4.74 Å².